The van der Waals surface area contributed by atoms with Gasteiger partial charge in [0.2, 0.25) is 6.41 Å². The quantitative estimate of drug-likeness (QED) is 0.349. The van der Waals surface area contributed by atoms with Crippen LogP contribution in [0.3, 0.4) is 0 Å². The van der Waals surface area contributed by atoms with Gasteiger partial charge in [-0.2, -0.15) is 5.10 Å². The molecule has 0 aliphatic carbocycles. The Morgan fingerprint density at radius 1 is 1.38 bits per heavy atom. The number of carbonyl (C=O) groups is 1. The van der Waals surface area contributed by atoms with Gasteiger partial charge in [-0.05, 0) is 63.6 Å². The van der Waals surface area contributed by atoms with Crippen molar-refractivity contribution < 1.29 is 4.79 Å². The van der Waals surface area contributed by atoms with Crippen molar-refractivity contribution in [2.24, 2.45) is 0 Å². The van der Waals surface area contributed by atoms with Crippen molar-refractivity contribution in [2.45, 2.75) is 45.6 Å². The molecule has 1 aromatic carbocycles. The first-order chi connectivity index (χ1) is 16.4. The molecule has 6 nitrogen and oxygen atoms in total. The Morgan fingerprint density at radius 3 is 2.68 bits per heavy atom. The summed E-state index contributed by atoms with van der Waals surface area (Å²) in [6.45, 7) is 9.53. The summed E-state index contributed by atoms with van der Waals surface area (Å²) in [4.78, 5) is 13.6. The average Bonchev–Trinajstić information content (AvgIpc) is 3.58. The molecule has 0 radical (unpaired) electrons. The van der Waals surface area contributed by atoms with Crippen LogP contribution < -0.4 is 10.6 Å². The molecule has 34 heavy (non-hydrogen) atoms. The summed E-state index contributed by atoms with van der Waals surface area (Å²) < 4.78 is 1.86. The van der Waals surface area contributed by atoms with Crippen molar-refractivity contribution >= 4 is 46.3 Å². The fourth-order valence-corrected chi connectivity index (χ4v) is 4.59. The van der Waals surface area contributed by atoms with Crippen LogP contribution in [-0.4, -0.2) is 47.8 Å². The normalized spacial score (nSPS) is 14.9. The maximum Gasteiger partial charge on any atom is 0.211 e. The van der Waals surface area contributed by atoms with Crippen molar-refractivity contribution in [3.05, 3.63) is 64.6 Å². The number of allylic oxidation sites excluding steroid dienone is 1. The van der Waals surface area contributed by atoms with Crippen molar-refractivity contribution in [3.8, 4) is 5.69 Å². The van der Waals surface area contributed by atoms with Crippen LogP contribution in [0.5, 0.6) is 0 Å². The average molecular weight is 502 g/mol. The van der Waals surface area contributed by atoms with Crippen molar-refractivity contribution in [3.63, 3.8) is 0 Å². The van der Waals surface area contributed by atoms with Crippen LogP contribution in [0.15, 0.2) is 54.7 Å². The molecule has 1 saturated heterocycles. The van der Waals surface area contributed by atoms with Gasteiger partial charge in [0.05, 0.1) is 34.5 Å². The molecule has 1 amide bonds. The van der Waals surface area contributed by atoms with Gasteiger partial charge in [0.15, 0.2) is 0 Å². The van der Waals surface area contributed by atoms with E-state index in [1.165, 1.54) is 37.1 Å². The Balaban J connectivity index is 0.000000189. The highest BCUT2D eigenvalue weighted by Gasteiger charge is 2.18. The summed E-state index contributed by atoms with van der Waals surface area (Å²) >= 11 is 7.37. The molecule has 0 spiro atoms. The molecule has 3 aromatic rings. The second kappa shape index (κ2) is 14.6. The Morgan fingerprint density at radius 2 is 2.15 bits per heavy atom. The van der Waals surface area contributed by atoms with Gasteiger partial charge >= 0.3 is 0 Å². The molecule has 0 bridgehead atoms. The van der Waals surface area contributed by atoms with E-state index in [1.54, 1.807) is 41.8 Å². The number of carbonyl (C=O) groups excluding carboxylic acids is 1. The number of benzene rings is 1. The number of thiophene rings is 1. The summed E-state index contributed by atoms with van der Waals surface area (Å²) in [5, 5.41) is 12.4. The fraction of sp³-hybridized carbons (Fsp3) is 0.385. The second-order valence-corrected chi connectivity index (χ2v) is 9.50. The lowest BCUT2D eigenvalue weighted by Crippen LogP contribution is -2.24. The highest BCUT2D eigenvalue weighted by molar-refractivity contribution is 7.11. The molecule has 2 aromatic heterocycles. The number of anilines is 2. The summed E-state index contributed by atoms with van der Waals surface area (Å²) in [6.07, 6.45) is 9.96. The zero-order chi connectivity index (χ0) is 24.9. The summed E-state index contributed by atoms with van der Waals surface area (Å²) in [5.74, 6) is 0. The smallest absolute Gasteiger partial charge is 0.211 e. The van der Waals surface area contributed by atoms with E-state index < -0.39 is 0 Å². The van der Waals surface area contributed by atoms with Crippen LogP contribution >= 0.6 is 22.9 Å². The van der Waals surface area contributed by atoms with Gasteiger partial charge in [0, 0.05) is 23.3 Å². The first-order valence-electron chi connectivity index (χ1n) is 11.5. The summed E-state index contributed by atoms with van der Waals surface area (Å²) in [6, 6.07) is 10.1. The van der Waals surface area contributed by atoms with Crippen LogP contribution in [-0.2, 0) is 4.79 Å². The summed E-state index contributed by atoms with van der Waals surface area (Å²) in [5.41, 5.74) is 3.82. The molecule has 184 valence electrons. The highest BCUT2D eigenvalue weighted by Crippen LogP contribution is 2.24. The molecule has 0 saturated carbocycles. The Kier molecular flexibility index (Phi) is 11.9. The van der Waals surface area contributed by atoms with Crippen LogP contribution in [0.1, 0.15) is 44.4 Å². The molecule has 1 fully saturated rings. The van der Waals surface area contributed by atoms with Gasteiger partial charge < -0.3 is 15.5 Å². The van der Waals surface area contributed by atoms with E-state index in [2.05, 4.69) is 52.6 Å². The van der Waals surface area contributed by atoms with Crippen LogP contribution in [0, 0.1) is 0 Å². The third-order valence-corrected chi connectivity index (χ3v) is 6.93. The third-order valence-electron chi connectivity index (χ3n) is 5.52. The number of hydrogen-bond acceptors (Lipinski definition) is 5. The zero-order valence-electron chi connectivity index (χ0n) is 20.6. The van der Waals surface area contributed by atoms with E-state index in [0.29, 0.717) is 17.1 Å². The van der Waals surface area contributed by atoms with E-state index in [9.17, 15) is 4.79 Å². The molecule has 8 heteroatoms. The van der Waals surface area contributed by atoms with Crippen molar-refractivity contribution in [1.82, 2.24) is 14.7 Å². The van der Waals surface area contributed by atoms with E-state index in [-0.39, 0.29) is 0 Å². The lowest BCUT2D eigenvalue weighted by atomic mass is 10.1. The minimum Gasteiger partial charge on any atom is -0.386 e. The number of rotatable bonds is 7. The van der Waals surface area contributed by atoms with Crippen LogP contribution in [0.25, 0.3) is 11.3 Å². The third kappa shape index (κ3) is 8.63. The Labute approximate surface area is 212 Å². The van der Waals surface area contributed by atoms with Crippen molar-refractivity contribution in [1.29, 1.82) is 0 Å². The van der Waals surface area contributed by atoms with E-state index >= 15 is 0 Å². The molecular weight excluding hydrogens is 466 g/mol. The number of halogens is 1. The number of aromatic nitrogens is 2. The molecule has 2 N–H and O–H groups in total. The highest BCUT2D eigenvalue weighted by atomic mass is 35.5. The monoisotopic (exact) mass is 501 g/mol. The van der Waals surface area contributed by atoms with Crippen LogP contribution in [0.2, 0.25) is 5.02 Å². The molecule has 1 atom stereocenters. The predicted octanol–water partition coefficient (Wildman–Crippen LogP) is 6.80. The van der Waals surface area contributed by atoms with Gasteiger partial charge in [-0.25, -0.2) is 4.68 Å². The van der Waals surface area contributed by atoms with Gasteiger partial charge in [-0.1, -0.05) is 43.7 Å². The zero-order valence-corrected chi connectivity index (χ0v) is 22.1. The lowest BCUT2D eigenvalue weighted by molar-refractivity contribution is -0.105. The number of amides is 1. The number of likely N-dealkylation sites (tertiary alicyclic amines) is 1. The first kappa shape index (κ1) is 27.6. The molecule has 1 aliphatic rings. The lowest BCUT2D eigenvalue weighted by Gasteiger charge is -2.17. The predicted molar refractivity (Wildman–Crippen MR) is 147 cm³/mol. The molecule has 4 rings (SSSR count). The molecular formula is C26H36ClN5OS. The first-order valence-corrected chi connectivity index (χ1v) is 12.8. The van der Waals surface area contributed by atoms with Crippen molar-refractivity contribution in [2.75, 3.05) is 31.3 Å². The number of hydrogen-bond donors (Lipinski definition) is 2. The van der Waals surface area contributed by atoms with E-state index in [4.69, 9.17) is 11.6 Å². The second-order valence-electron chi connectivity index (χ2n) is 8.18. The van der Waals surface area contributed by atoms with Gasteiger partial charge in [0.1, 0.15) is 0 Å². The van der Waals surface area contributed by atoms with E-state index in [0.717, 1.165) is 23.0 Å². The van der Waals surface area contributed by atoms with Gasteiger partial charge in [0.25, 0.3) is 0 Å². The minimum absolute atomic E-state index is 0.551. The fourth-order valence-electron chi connectivity index (χ4n) is 3.58. The number of nitrogens with zero attached hydrogens (tertiary/aromatic N) is 3. The minimum atomic E-state index is 0.551. The SMILES string of the molecule is C=C(C)c1cc(-n2cc(NC)cn2)cs1.CCCC1CCCN1C.O=CNc1ccccc1Cl. The Hall–Kier alpha value is -2.61. The maximum atomic E-state index is 9.96. The Bertz CT molecular complexity index is 1030. The number of para-hydroxylation sites is 1. The molecule has 1 unspecified atom stereocenters. The van der Waals surface area contributed by atoms with E-state index in [1.807, 2.05) is 24.9 Å². The largest absolute Gasteiger partial charge is 0.386 e. The number of nitrogens with one attached hydrogen (secondary N) is 2. The maximum absolute atomic E-state index is 9.96. The van der Waals surface area contributed by atoms with Crippen LogP contribution in [0.4, 0.5) is 11.4 Å². The summed E-state index contributed by atoms with van der Waals surface area (Å²) in [7, 11) is 4.13. The standard InChI is InChI=1S/C11H13N3S.C8H17N.C7H6ClNO/c1-8(2)11-4-10(7-15-11)14-6-9(12-3)5-13-14;1-3-5-8-6-4-7-9(8)2;8-6-3-1-2-4-7(6)9-5-10/h4-7,12H,1H2,2-3H3;8H,3-7H2,1-2H3;1-5H,(H,9,10). The molecule has 3 heterocycles. The van der Waals surface area contributed by atoms with Gasteiger partial charge in [-0.3, -0.25) is 4.79 Å². The van der Waals surface area contributed by atoms with Gasteiger partial charge in [-0.15, -0.1) is 11.3 Å². The molecule has 1 aliphatic heterocycles. The topological polar surface area (TPSA) is 62.2 Å².